The third-order valence-corrected chi connectivity index (χ3v) is 8.55. The van der Waals surface area contributed by atoms with Crippen molar-refractivity contribution in [2.75, 3.05) is 23.7 Å². The Morgan fingerprint density at radius 2 is 1.87 bits per heavy atom. The van der Waals surface area contributed by atoms with Crippen LogP contribution in [-0.2, 0) is 20.3 Å². The van der Waals surface area contributed by atoms with Crippen molar-refractivity contribution in [2.24, 2.45) is 0 Å². The summed E-state index contributed by atoms with van der Waals surface area (Å²) in [6.45, 7) is 11.9. The number of hydrogen-bond donors (Lipinski definition) is 2. The molecule has 4 rings (SSSR count). The summed E-state index contributed by atoms with van der Waals surface area (Å²) in [5.74, 6) is -0.323. The monoisotopic (exact) mass is 556 g/mol. The second-order valence-corrected chi connectivity index (χ2v) is 13.6. The van der Waals surface area contributed by atoms with Crippen molar-refractivity contribution in [1.82, 2.24) is 5.32 Å². The number of hydrogen-bond acceptors (Lipinski definition) is 6. The van der Waals surface area contributed by atoms with Crippen molar-refractivity contribution < 1.29 is 27.3 Å². The van der Waals surface area contributed by atoms with Crippen molar-refractivity contribution in [1.29, 1.82) is 0 Å². The van der Waals surface area contributed by atoms with Crippen LogP contribution in [0.1, 0.15) is 90.0 Å². The first-order valence-corrected chi connectivity index (χ1v) is 15.3. The predicted octanol–water partition coefficient (Wildman–Crippen LogP) is 5.91. The molecule has 1 aromatic heterocycles. The van der Waals surface area contributed by atoms with E-state index in [0.29, 0.717) is 13.0 Å². The Hall–Kier alpha value is -2.91. The Balaban J connectivity index is 1.64. The van der Waals surface area contributed by atoms with Crippen LogP contribution in [0, 0.1) is 0 Å². The maximum atomic E-state index is 11.2. The Labute approximate surface area is 231 Å². The highest BCUT2D eigenvalue weighted by Gasteiger charge is 2.37. The number of fused-ring (bicyclic) bond motifs is 3. The van der Waals surface area contributed by atoms with Crippen LogP contribution in [0.4, 0.5) is 5.69 Å². The number of allylic oxidation sites excluding steroid dienone is 2. The third-order valence-electron chi connectivity index (χ3n) is 7.76. The smallest absolute Gasteiger partial charge is 0.362 e. The molecule has 39 heavy (non-hydrogen) atoms. The van der Waals surface area contributed by atoms with Crippen LogP contribution >= 0.6 is 0 Å². The fraction of sp³-hybridized carbons (Fsp3) is 0.533. The SMILES string of the molecule is CC1=CC(C)(C)N(CCCS(=O)(=O)[O-])c2cc3[o+]c4c(cc3cc21)C(C)(C)CC(NCCCCCC(=O)O)=C4. The van der Waals surface area contributed by atoms with Crippen molar-refractivity contribution in [2.45, 2.75) is 84.1 Å². The van der Waals surface area contributed by atoms with Crippen molar-refractivity contribution in [3.8, 4) is 0 Å². The molecule has 1 aromatic carbocycles. The zero-order valence-corrected chi connectivity index (χ0v) is 24.4. The molecule has 8 nitrogen and oxygen atoms in total. The Bertz CT molecular complexity index is 1440. The summed E-state index contributed by atoms with van der Waals surface area (Å²) in [6, 6.07) is 6.41. The summed E-state index contributed by atoms with van der Waals surface area (Å²) in [5, 5.41) is 13.4. The molecular formula is C30H40N2O6S. The number of carboxylic acid groups (broad SMARTS) is 1. The van der Waals surface area contributed by atoms with Gasteiger partial charge in [0.05, 0.1) is 44.4 Å². The van der Waals surface area contributed by atoms with Crippen LogP contribution in [0.25, 0.3) is 22.6 Å². The minimum atomic E-state index is -4.27. The van der Waals surface area contributed by atoms with Crippen LogP contribution < -0.4 is 10.2 Å². The van der Waals surface area contributed by atoms with E-state index in [9.17, 15) is 17.8 Å². The molecule has 2 aliphatic rings. The maximum Gasteiger partial charge on any atom is 0.362 e. The number of carboxylic acids is 1. The first kappa shape index (κ1) is 29.1. The first-order valence-electron chi connectivity index (χ1n) is 13.7. The topological polar surface area (TPSA) is 121 Å². The molecule has 1 aliphatic heterocycles. The lowest BCUT2D eigenvalue weighted by atomic mass is 9.76. The van der Waals surface area contributed by atoms with Gasteiger partial charge < -0.3 is 19.9 Å². The molecule has 2 aromatic rings. The van der Waals surface area contributed by atoms with Crippen LogP contribution in [-0.4, -0.2) is 48.4 Å². The van der Waals surface area contributed by atoms with Crippen LogP contribution in [0.15, 0.2) is 34.4 Å². The van der Waals surface area contributed by atoms with Gasteiger partial charge in [-0.2, -0.15) is 0 Å². The van der Waals surface area contributed by atoms with Gasteiger partial charge in [0.15, 0.2) is 0 Å². The zero-order valence-electron chi connectivity index (χ0n) is 23.6. The summed E-state index contributed by atoms with van der Waals surface area (Å²) in [5.41, 5.74) is 5.72. The van der Waals surface area contributed by atoms with Gasteiger partial charge in [-0.1, -0.05) is 26.3 Å². The van der Waals surface area contributed by atoms with Gasteiger partial charge in [-0.15, -0.1) is 0 Å². The molecule has 0 spiro atoms. The largest absolute Gasteiger partial charge is 0.748 e. The average Bonchev–Trinajstić information content (AvgIpc) is 2.80. The van der Waals surface area contributed by atoms with Gasteiger partial charge in [-0.25, -0.2) is 12.8 Å². The molecule has 0 radical (unpaired) electrons. The Morgan fingerprint density at radius 3 is 2.56 bits per heavy atom. The normalized spacial score (nSPS) is 17.7. The lowest BCUT2D eigenvalue weighted by molar-refractivity contribution is -0.137. The van der Waals surface area contributed by atoms with E-state index < -0.39 is 21.8 Å². The van der Waals surface area contributed by atoms with Crippen LogP contribution in [0.5, 0.6) is 0 Å². The second kappa shape index (κ2) is 10.9. The molecule has 2 heterocycles. The van der Waals surface area contributed by atoms with Crippen molar-refractivity contribution >= 4 is 44.4 Å². The molecule has 0 atom stereocenters. The second-order valence-electron chi connectivity index (χ2n) is 12.0. The van der Waals surface area contributed by atoms with Gasteiger partial charge in [-0.3, -0.25) is 4.79 Å². The van der Waals surface area contributed by atoms with E-state index in [2.05, 4.69) is 69.1 Å². The summed E-state index contributed by atoms with van der Waals surface area (Å²) in [6.07, 6.45) is 8.04. The molecule has 0 unspecified atom stereocenters. The molecule has 2 N–H and O–H groups in total. The van der Waals surface area contributed by atoms with E-state index in [1.54, 1.807) is 0 Å². The van der Waals surface area contributed by atoms with E-state index in [4.69, 9.17) is 9.52 Å². The third kappa shape index (κ3) is 6.81. The van der Waals surface area contributed by atoms with E-state index in [0.717, 1.165) is 70.6 Å². The van der Waals surface area contributed by atoms with Crippen LogP contribution in [0.2, 0.25) is 0 Å². The lowest BCUT2D eigenvalue weighted by Crippen LogP contribution is -2.46. The highest BCUT2D eigenvalue weighted by molar-refractivity contribution is 7.85. The summed E-state index contributed by atoms with van der Waals surface area (Å²) in [7, 11) is -4.27. The van der Waals surface area contributed by atoms with E-state index in [-0.39, 0.29) is 23.8 Å². The minimum Gasteiger partial charge on any atom is -0.748 e. The van der Waals surface area contributed by atoms with E-state index >= 15 is 0 Å². The van der Waals surface area contributed by atoms with Gasteiger partial charge in [-0.05, 0) is 64.2 Å². The number of nitrogens with zero attached hydrogens (tertiary/aromatic N) is 1. The van der Waals surface area contributed by atoms with Gasteiger partial charge >= 0.3 is 17.3 Å². The molecule has 9 heteroatoms. The number of nitrogens with one attached hydrogen (secondary N) is 1. The van der Waals surface area contributed by atoms with Gasteiger partial charge in [0.25, 0.3) is 0 Å². The van der Waals surface area contributed by atoms with Crippen LogP contribution in [0.3, 0.4) is 0 Å². The molecule has 1 aliphatic carbocycles. The predicted molar refractivity (Wildman–Crippen MR) is 155 cm³/mol. The zero-order chi connectivity index (χ0) is 28.6. The molecule has 0 fully saturated rings. The Morgan fingerprint density at radius 1 is 1.13 bits per heavy atom. The number of rotatable bonds is 11. The summed E-state index contributed by atoms with van der Waals surface area (Å²) >= 11 is 0. The Kier molecular flexibility index (Phi) is 8.15. The maximum absolute atomic E-state index is 11.2. The van der Waals surface area contributed by atoms with E-state index in [1.165, 1.54) is 0 Å². The first-order chi connectivity index (χ1) is 18.2. The highest BCUT2D eigenvalue weighted by Crippen LogP contribution is 2.44. The number of unbranched alkanes of at least 4 members (excludes halogenated alkanes) is 2. The van der Waals surface area contributed by atoms with Gasteiger partial charge in [0, 0.05) is 41.9 Å². The number of aliphatic carboxylic acids is 1. The molecule has 0 bridgehead atoms. The van der Waals surface area contributed by atoms with Gasteiger partial charge in [0.1, 0.15) is 0 Å². The standard InChI is InChI=1S/C30H40N2O6S/c1-20-18-30(4,5)32(12-9-13-39(35,36)37)25-17-26-21(14-23(20)25)15-24-27(38-26)16-22(19-29(24,2)3)31-11-8-6-7-10-28(33)34/h14-18,31H,6-13,19H2,1-5H3,(H-,33,34,35,36,37). The summed E-state index contributed by atoms with van der Waals surface area (Å²) < 4.78 is 40.2. The highest BCUT2D eigenvalue weighted by atomic mass is 32.2. The molecule has 0 saturated carbocycles. The van der Waals surface area contributed by atoms with Crippen molar-refractivity contribution in [3.63, 3.8) is 0 Å². The molecule has 212 valence electrons. The lowest BCUT2D eigenvalue weighted by Gasteiger charge is -2.43. The number of benzene rings is 1. The molecule has 0 amide bonds. The number of carbonyl (C=O) groups is 1. The van der Waals surface area contributed by atoms with Gasteiger partial charge in [0.2, 0.25) is 0 Å². The van der Waals surface area contributed by atoms with Crippen molar-refractivity contribution in [3.05, 3.63) is 46.9 Å². The summed E-state index contributed by atoms with van der Waals surface area (Å²) in [4.78, 5) is 12.9. The fourth-order valence-electron chi connectivity index (χ4n) is 5.89. The molecule has 0 saturated heterocycles. The fourth-order valence-corrected chi connectivity index (χ4v) is 6.37. The average molecular weight is 557 g/mol. The molecular weight excluding hydrogens is 516 g/mol. The number of anilines is 1. The minimum absolute atomic E-state index is 0.133. The quantitative estimate of drug-likeness (QED) is 0.199. The van der Waals surface area contributed by atoms with E-state index in [1.807, 2.05) is 6.07 Å².